The molecule has 0 spiro atoms. The molecule has 0 unspecified atom stereocenters. The highest BCUT2D eigenvalue weighted by atomic mass is 16.1. The van der Waals surface area contributed by atoms with Crippen molar-refractivity contribution in [3.8, 4) is 11.3 Å². The third-order valence-corrected chi connectivity index (χ3v) is 3.95. The number of carbonyl (C=O) groups excluding carboxylic acids is 1. The van der Waals surface area contributed by atoms with Gasteiger partial charge >= 0.3 is 0 Å². The summed E-state index contributed by atoms with van der Waals surface area (Å²) in [5.41, 5.74) is 5.14. The van der Waals surface area contributed by atoms with Crippen LogP contribution in [0, 0.1) is 13.8 Å². The lowest BCUT2D eigenvalue weighted by atomic mass is 10.0. The van der Waals surface area contributed by atoms with E-state index in [9.17, 15) is 4.79 Å². The minimum absolute atomic E-state index is 0.112. The van der Waals surface area contributed by atoms with Gasteiger partial charge in [0.2, 0.25) is 0 Å². The second kappa shape index (κ2) is 5.26. The van der Waals surface area contributed by atoms with Crippen LogP contribution >= 0.6 is 0 Å². The normalized spacial score (nSPS) is 10.9. The summed E-state index contributed by atoms with van der Waals surface area (Å²) >= 11 is 0. The largest absolute Gasteiger partial charge is 0.355 e. The van der Waals surface area contributed by atoms with E-state index in [1.54, 1.807) is 7.05 Å². The molecule has 1 aromatic carbocycles. The summed E-state index contributed by atoms with van der Waals surface area (Å²) in [7, 11) is 3.55. The molecule has 0 aliphatic rings. The average molecular weight is 294 g/mol. The first kappa shape index (κ1) is 14.3. The Hall–Kier alpha value is -2.69. The summed E-state index contributed by atoms with van der Waals surface area (Å²) in [4.78, 5) is 17.0. The van der Waals surface area contributed by atoms with Crippen molar-refractivity contribution in [1.29, 1.82) is 0 Å². The Labute approximate surface area is 129 Å². The minimum atomic E-state index is -0.112. The predicted molar refractivity (Wildman–Crippen MR) is 86.8 cm³/mol. The van der Waals surface area contributed by atoms with Gasteiger partial charge in [0.15, 0.2) is 0 Å². The number of para-hydroxylation sites is 1. The van der Waals surface area contributed by atoms with Crippen LogP contribution in [0.3, 0.4) is 0 Å². The Morgan fingerprint density at radius 2 is 1.95 bits per heavy atom. The number of aromatic nitrogens is 3. The molecule has 1 N–H and O–H groups in total. The Bertz CT molecular complexity index is 880. The van der Waals surface area contributed by atoms with Crippen molar-refractivity contribution >= 4 is 16.8 Å². The Morgan fingerprint density at radius 3 is 2.59 bits per heavy atom. The van der Waals surface area contributed by atoms with E-state index >= 15 is 0 Å². The van der Waals surface area contributed by atoms with E-state index in [-0.39, 0.29) is 5.91 Å². The van der Waals surface area contributed by atoms with Crippen LogP contribution in [0.2, 0.25) is 0 Å². The Kier molecular flexibility index (Phi) is 3.41. The van der Waals surface area contributed by atoms with Gasteiger partial charge < -0.3 is 5.32 Å². The van der Waals surface area contributed by atoms with E-state index in [0.717, 1.165) is 33.5 Å². The molecule has 0 bridgehead atoms. The molecule has 0 aliphatic carbocycles. The maximum absolute atomic E-state index is 12.2. The summed E-state index contributed by atoms with van der Waals surface area (Å²) in [6.45, 7) is 3.96. The number of carbonyl (C=O) groups is 1. The lowest BCUT2D eigenvalue weighted by Gasteiger charge is -2.09. The van der Waals surface area contributed by atoms with Crippen molar-refractivity contribution in [2.75, 3.05) is 7.05 Å². The SMILES string of the molecule is CNC(=O)c1cc(-c2c(C)nn(C)c2C)nc2ccccc12. The van der Waals surface area contributed by atoms with Gasteiger partial charge in [0, 0.05) is 30.7 Å². The lowest BCUT2D eigenvalue weighted by molar-refractivity contribution is 0.0964. The number of pyridine rings is 1. The van der Waals surface area contributed by atoms with Gasteiger partial charge in [-0.1, -0.05) is 18.2 Å². The van der Waals surface area contributed by atoms with E-state index < -0.39 is 0 Å². The fraction of sp³-hybridized carbons (Fsp3) is 0.235. The van der Waals surface area contributed by atoms with Gasteiger partial charge in [-0.25, -0.2) is 4.98 Å². The number of aryl methyl sites for hydroxylation is 2. The molecule has 2 heterocycles. The molecule has 112 valence electrons. The molecule has 5 nitrogen and oxygen atoms in total. The van der Waals surface area contributed by atoms with Gasteiger partial charge in [-0.2, -0.15) is 5.10 Å². The van der Waals surface area contributed by atoms with Gasteiger partial charge in [0.05, 0.1) is 22.5 Å². The summed E-state index contributed by atoms with van der Waals surface area (Å²) < 4.78 is 1.83. The molecule has 0 aliphatic heterocycles. The van der Waals surface area contributed by atoms with Crippen molar-refractivity contribution in [3.63, 3.8) is 0 Å². The number of hydrogen-bond donors (Lipinski definition) is 1. The molecular formula is C17H18N4O. The lowest BCUT2D eigenvalue weighted by Crippen LogP contribution is -2.18. The topological polar surface area (TPSA) is 59.8 Å². The fourth-order valence-corrected chi connectivity index (χ4v) is 2.77. The van der Waals surface area contributed by atoms with E-state index in [2.05, 4.69) is 10.4 Å². The zero-order valence-corrected chi connectivity index (χ0v) is 13.1. The molecular weight excluding hydrogens is 276 g/mol. The van der Waals surface area contributed by atoms with Crippen molar-refractivity contribution in [2.45, 2.75) is 13.8 Å². The van der Waals surface area contributed by atoms with Gasteiger partial charge in [0.25, 0.3) is 5.91 Å². The average Bonchev–Trinajstić information content (AvgIpc) is 2.78. The minimum Gasteiger partial charge on any atom is -0.355 e. The second-order valence-corrected chi connectivity index (χ2v) is 5.32. The van der Waals surface area contributed by atoms with Crippen LogP contribution in [0.1, 0.15) is 21.7 Å². The number of amides is 1. The smallest absolute Gasteiger partial charge is 0.251 e. The van der Waals surface area contributed by atoms with Crippen molar-refractivity contribution in [3.05, 3.63) is 47.3 Å². The highest BCUT2D eigenvalue weighted by Crippen LogP contribution is 2.29. The monoisotopic (exact) mass is 294 g/mol. The number of hydrogen-bond acceptors (Lipinski definition) is 3. The molecule has 2 aromatic heterocycles. The van der Waals surface area contributed by atoms with Crippen LogP contribution in [-0.2, 0) is 7.05 Å². The van der Waals surface area contributed by atoms with Gasteiger partial charge in [-0.3, -0.25) is 9.48 Å². The van der Waals surface area contributed by atoms with E-state index in [0.29, 0.717) is 5.56 Å². The van der Waals surface area contributed by atoms with Crippen LogP contribution in [0.4, 0.5) is 0 Å². The summed E-state index contributed by atoms with van der Waals surface area (Å²) in [6, 6.07) is 9.52. The fourth-order valence-electron chi connectivity index (χ4n) is 2.77. The zero-order valence-electron chi connectivity index (χ0n) is 13.1. The van der Waals surface area contributed by atoms with Crippen molar-refractivity contribution in [1.82, 2.24) is 20.1 Å². The highest BCUT2D eigenvalue weighted by molar-refractivity contribution is 6.07. The summed E-state index contributed by atoms with van der Waals surface area (Å²) in [5, 5.41) is 7.99. The molecule has 3 rings (SSSR count). The molecule has 5 heteroatoms. The first-order chi connectivity index (χ1) is 10.5. The van der Waals surface area contributed by atoms with E-state index in [1.165, 1.54) is 0 Å². The molecule has 0 saturated carbocycles. The van der Waals surface area contributed by atoms with Gasteiger partial charge in [0.1, 0.15) is 0 Å². The van der Waals surface area contributed by atoms with Gasteiger partial charge in [-0.15, -0.1) is 0 Å². The molecule has 0 atom stereocenters. The van der Waals surface area contributed by atoms with E-state index in [4.69, 9.17) is 4.98 Å². The summed E-state index contributed by atoms with van der Waals surface area (Å²) in [5.74, 6) is -0.112. The van der Waals surface area contributed by atoms with Gasteiger partial charge in [-0.05, 0) is 26.0 Å². The quantitative estimate of drug-likeness (QED) is 0.790. The second-order valence-electron chi connectivity index (χ2n) is 5.32. The maximum atomic E-state index is 12.2. The first-order valence-electron chi connectivity index (χ1n) is 7.15. The zero-order chi connectivity index (χ0) is 15.9. The number of benzene rings is 1. The standard InChI is InChI=1S/C17H18N4O/c1-10-16(11(2)21(4)20-10)15-9-13(17(22)18-3)12-7-5-6-8-14(12)19-15/h5-9H,1-4H3,(H,18,22). The molecule has 0 radical (unpaired) electrons. The molecule has 22 heavy (non-hydrogen) atoms. The molecule has 3 aromatic rings. The number of nitrogens with zero attached hydrogens (tertiary/aromatic N) is 3. The molecule has 1 amide bonds. The third kappa shape index (κ3) is 2.15. The summed E-state index contributed by atoms with van der Waals surface area (Å²) in [6.07, 6.45) is 0. The Balaban J connectivity index is 2.34. The third-order valence-electron chi connectivity index (χ3n) is 3.95. The number of fused-ring (bicyclic) bond motifs is 1. The van der Waals surface area contributed by atoms with Crippen LogP contribution < -0.4 is 5.32 Å². The highest BCUT2D eigenvalue weighted by Gasteiger charge is 2.17. The van der Waals surface area contributed by atoms with Crippen molar-refractivity contribution in [2.24, 2.45) is 7.05 Å². The van der Waals surface area contributed by atoms with Crippen LogP contribution in [-0.4, -0.2) is 27.7 Å². The van der Waals surface area contributed by atoms with Crippen LogP contribution in [0.15, 0.2) is 30.3 Å². The molecule has 0 fully saturated rings. The first-order valence-corrected chi connectivity index (χ1v) is 7.15. The Morgan fingerprint density at radius 1 is 1.23 bits per heavy atom. The van der Waals surface area contributed by atoms with Crippen LogP contribution in [0.25, 0.3) is 22.2 Å². The predicted octanol–water partition coefficient (Wildman–Crippen LogP) is 2.61. The molecule has 0 saturated heterocycles. The van der Waals surface area contributed by atoms with Crippen LogP contribution in [0.5, 0.6) is 0 Å². The maximum Gasteiger partial charge on any atom is 0.251 e. The number of nitrogens with one attached hydrogen (secondary N) is 1. The van der Waals surface area contributed by atoms with Crippen molar-refractivity contribution < 1.29 is 4.79 Å². The van der Waals surface area contributed by atoms with E-state index in [1.807, 2.05) is 55.9 Å². The number of rotatable bonds is 2.